The Balaban J connectivity index is 1.51. The summed E-state index contributed by atoms with van der Waals surface area (Å²) in [5, 5.41) is 0. The Bertz CT molecular complexity index is 1210. The van der Waals surface area contributed by atoms with E-state index in [1.54, 1.807) is 36.4 Å². The predicted molar refractivity (Wildman–Crippen MR) is 113 cm³/mol. The van der Waals surface area contributed by atoms with Crippen LogP contribution in [0.25, 0.3) is 16.7 Å². The Hall–Kier alpha value is -3.93. The number of carbonyl (C=O) groups excluding carboxylic acids is 2. The lowest BCUT2D eigenvalue weighted by Crippen LogP contribution is -2.06. The molecule has 0 fully saturated rings. The summed E-state index contributed by atoms with van der Waals surface area (Å²) in [6.07, 6.45) is 0. The van der Waals surface area contributed by atoms with Crippen molar-refractivity contribution in [1.29, 1.82) is 0 Å². The maximum atomic E-state index is 12.5. The topological polar surface area (TPSA) is 70.4 Å². The second-order valence-electron chi connectivity index (χ2n) is 6.80. The van der Waals surface area contributed by atoms with E-state index in [0.717, 1.165) is 28.1 Å². The van der Waals surface area contributed by atoms with E-state index in [4.69, 9.17) is 4.74 Å². The monoisotopic (exact) mass is 400 g/mol. The highest BCUT2D eigenvalue weighted by atomic mass is 16.5. The average Bonchev–Trinajstić information content (AvgIpc) is 3.12. The number of para-hydroxylation sites is 1. The number of hydrogen-bond donors (Lipinski definition) is 0. The van der Waals surface area contributed by atoms with E-state index in [0.29, 0.717) is 11.1 Å². The van der Waals surface area contributed by atoms with Gasteiger partial charge in [0.15, 0.2) is 0 Å². The molecule has 1 aromatic heterocycles. The Morgan fingerprint density at radius 1 is 0.900 bits per heavy atom. The lowest BCUT2D eigenvalue weighted by Gasteiger charge is -2.08. The molecule has 0 saturated carbocycles. The summed E-state index contributed by atoms with van der Waals surface area (Å²) >= 11 is 0. The van der Waals surface area contributed by atoms with Crippen LogP contribution in [0.5, 0.6) is 0 Å². The smallest absolute Gasteiger partial charge is 0.338 e. The molecule has 0 saturated heterocycles. The van der Waals surface area contributed by atoms with E-state index in [1.165, 1.54) is 7.11 Å². The first-order chi connectivity index (χ1) is 14.6. The zero-order chi connectivity index (χ0) is 21.1. The molecule has 0 aliphatic rings. The second-order valence-corrected chi connectivity index (χ2v) is 6.80. The SMILES string of the molecule is COC(=O)c1ccc(COC(=O)c2ccc3c(c2)nc(C)n3-c2ccccc2)cc1. The molecule has 0 spiro atoms. The number of aromatic nitrogens is 2. The number of imidazole rings is 1. The molecule has 1 heterocycles. The second kappa shape index (κ2) is 8.21. The van der Waals surface area contributed by atoms with Gasteiger partial charge < -0.3 is 9.47 Å². The van der Waals surface area contributed by atoms with Crippen LogP contribution in [0, 0.1) is 6.92 Å². The molecule has 30 heavy (non-hydrogen) atoms. The van der Waals surface area contributed by atoms with E-state index < -0.39 is 11.9 Å². The molecular weight excluding hydrogens is 380 g/mol. The van der Waals surface area contributed by atoms with Crippen molar-refractivity contribution in [2.75, 3.05) is 7.11 Å². The molecule has 6 heteroatoms. The van der Waals surface area contributed by atoms with Crippen molar-refractivity contribution in [3.8, 4) is 5.69 Å². The van der Waals surface area contributed by atoms with Crippen LogP contribution < -0.4 is 0 Å². The Labute approximate surface area is 173 Å². The van der Waals surface area contributed by atoms with Gasteiger partial charge in [-0.25, -0.2) is 14.6 Å². The van der Waals surface area contributed by atoms with Crippen molar-refractivity contribution in [2.24, 2.45) is 0 Å². The highest BCUT2D eigenvalue weighted by Gasteiger charge is 2.14. The van der Waals surface area contributed by atoms with Gasteiger partial charge in [-0.1, -0.05) is 30.3 Å². The summed E-state index contributed by atoms with van der Waals surface area (Å²) in [6, 6.07) is 22.0. The van der Waals surface area contributed by atoms with E-state index in [2.05, 4.69) is 9.72 Å². The number of esters is 2. The zero-order valence-electron chi connectivity index (χ0n) is 16.7. The number of methoxy groups -OCH3 is 1. The van der Waals surface area contributed by atoms with Crippen LogP contribution >= 0.6 is 0 Å². The lowest BCUT2D eigenvalue weighted by molar-refractivity contribution is 0.0471. The van der Waals surface area contributed by atoms with Crippen LogP contribution in [-0.4, -0.2) is 28.6 Å². The third-order valence-corrected chi connectivity index (χ3v) is 4.82. The highest BCUT2D eigenvalue weighted by Crippen LogP contribution is 2.22. The molecule has 0 aliphatic carbocycles. The number of benzene rings is 3. The number of nitrogens with zero attached hydrogens (tertiary/aromatic N) is 2. The quantitative estimate of drug-likeness (QED) is 0.462. The van der Waals surface area contributed by atoms with Gasteiger partial charge in [-0.3, -0.25) is 4.57 Å². The fourth-order valence-electron chi connectivity index (χ4n) is 3.32. The fraction of sp³-hybridized carbons (Fsp3) is 0.125. The molecule has 6 nitrogen and oxygen atoms in total. The molecule has 0 unspecified atom stereocenters. The third kappa shape index (κ3) is 3.80. The summed E-state index contributed by atoms with van der Waals surface area (Å²) < 4.78 is 12.1. The molecule has 0 aliphatic heterocycles. The van der Waals surface area contributed by atoms with Crippen LogP contribution in [0.2, 0.25) is 0 Å². The van der Waals surface area contributed by atoms with Crippen LogP contribution in [0.1, 0.15) is 32.1 Å². The lowest BCUT2D eigenvalue weighted by atomic mass is 10.1. The van der Waals surface area contributed by atoms with E-state index in [-0.39, 0.29) is 6.61 Å². The Morgan fingerprint density at radius 3 is 2.30 bits per heavy atom. The number of hydrogen-bond acceptors (Lipinski definition) is 5. The molecule has 150 valence electrons. The van der Waals surface area contributed by atoms with Crippen LogP contribution in [0.15, 0.2) is 72.8 Å². The van der Waals surface area contributed by atoms with E-state index >= 15 is 0 Å². The average molecular weight is 400 g/mol. The van der Waals surface area contributed by atoms with E-state index in [9.17, 15) is 9.59 Å². The first-order valence-electron chi connectivity index (χ1n) is 9.46. The fourth-order valence-corrected chi connectivity index (χ4v) is 3.32. The minimum atomic E-state index is -0.430. The first-order valence-corrected chi connectivity index (χ1v) is 9.46. The van der Waals surface area contributed by atoms with Crippen molar-refractivity contribution < 1.29 is 19.1 Å². The van der Waals surface area contributed by atoms with Gasteiger partial charge in [0, 0.05) is 5.69 Å². The molecule has 4 aromatic rings. The Morgan fingerprint density at radius 2 is 1.60 bits per heavy atom. The number of ether oxygens (including phenoxy) is 2. The van der Waals surface area contributed by atoms with Crippen molar-refractivity contribution in [2.45, 2.75) is 13.5 Å². The van der Waals surface area contributed by atoms with Gasteiger partial charge in [-0.15, -0.1) is 0 Å². The van der Waals surface area contributed by atoms with Gasteiger partial charge in [0.05, 0.1) is 29.3 Å². The van der Waals surface area contributed by atoms with Crippen LogP contribution in [-0.2, 0) is 16.1 Å². The highest BCUT2D eigenvalue weighted by molar-refractivity contribution is 5.94. The number of carbonyl (C=O) groups is 2. The maximum Gasteiger partial charge on any atom is 0.338 e. The summed E-state index contributed by atoms with van der Waals surface area (Å²) in [5.74, 6) is 0.00496. The van der Waals surface area contributed by atoms with Gasteiger partial charge in [0.25, 0.3) is 0 Å². The third-order valence-electron chi connectivity index (χ3n) is 4.82. The minimum absolute atomic E-state index is 0.107. The standard InChI is InChI=1S/C24H20N2O4/c1-16-25-21-14-19(12-13-22(21)26(16)20-6-4-3-5-7-20)24(28)30-15-17-8-10-18(11-9-17)23(27)29-2/h3-14H,15H2,1-2H3. The molecule has 0 radical (unpaired) electrons. The molecule has 0 bridgehead atoms. The number of fused-ring (bicyclic) bond motifs is 1. The molecular formula is C24H20N2O4. The number of rotatable bonds is 5. The van der Waals surface area contributed by atoms with Crippen molar-refractivity contribution in [1.82, 2.24) is 9.55 Å². The summed E-state index contributed by atoms with van der Waals surface area (Å²) in [6.45, 7) is 2.04. The van der Waals surface area contributed by atoms with Crippen molar-refractivity contribution in [3.63, 3.8) is 0 Å². The molecule has 0 N–H and O–H groups in total. The normalized spacial score (nSPS) is 10.7. The van der Waals surface area contributed by atoms with Gasteiger partial charge in [0.1, 0.15) is 12.4 Å². The van der Waals surface area contributed by atoms with Crippen LogP contribution in [0.4, 0.5) is 0 Å². The maximum absolute atomic E-state index is 12.5. The predicted octanol–water partition coefficient (Wildman–Crippen LogP) is 4.48. The largest absolute Gasteiger partial charge is 0.465 e. The Kier molecular flexibility index (Phi) is 5.30. The number of aryl methyl sites for hydroxylation is 1. The summed E-state index contributed by atoms with van der Waals surface area (Å²) in [5.41, 5.74) is 4.33. The molecule has 0 atom stereocenters. The first kappa shape index (κ1) is 19.4. The van der Waals surface area contributed by atoms with Gasteiger partial charge >= 0.3 is 11.9 Å². The van der Waals surface area contributed by atoms with Gasteiger partial charge in [-0.05, 0) is 55.0 Å². The van der Waals surface area contributed by atoms with Crippen molar-refractivity contribution >= 4 is 23.0 Å². The summed E-state index contributed by atoms with van der Waals surface area (Å²) in [7, 11) is 1.33. The zero-order valence-corrected chi connectivity index (χ0v) is 16.7. The van der Waals surface area contributed by atoms with Crippen LogP contribution in [0.3, 0.4) is 0 Å². The summed E-state index contributed by atoms with van der Waals surface area (Å²) in [4.78, 5) is 28.6. The molecule has 0 amide bonds. The van der Waals surface area contributed by atoms with Gasteiger partial charge in [0.2, 0.25) is 0 Å². The van der Waals surface area contributed by atoms with Crippen molar-refractivity contribution in [3.05, 3.63) is 95.3 Å². The molecule has 3 aromatic carbocycles. The van der Waals surface area contributed by atoms with Gasteiger partial charge in [-0.2, -0.15) is 0 Å². The molecule has 4 rings (SSSR count). The van der Waals surface area contributed by atoms with E-state index in [1.807, 2.05) is 47.9 Å². The minimum Gasteiger partial charge on any atom is -0.465 e.